The van der Waals surface area contributed by atoms with E-state index < -0.39 is 0 Å². The molecule has 0 saturated heterocycles. The summed E-state index contributed by atoms with van der Waals surface area (Å²) in [5.74, 6) is 0.813. The standard InChI is InChI=1S/C20H29NS/c1-5-17-8-10-18(11-9-17)20-13-12-19(22-20)15-21(4)14-6-7-16(2)3/h8-13,16H,5-7,14-15H2,1-4H3. The number of benzene rings is 1. The molecule has 0 aliphatic heterocycles. The van der Waals surface area contributed by atoms with Gasteiger partial charge in [0, 0.05) is 16.3 Å². The van der Waals surface area contributed by atoms with Crippen LogP contribution in [0.5, 0.6) is 0 Å². The summed E-state index contributed by atoms with van der Waals surface area (Å²) in [5.41, 5.74) is 2.75. The van der Waals surface area contributed by atoms with Gasteiger partial charge in [0.15, 0.2) is 0 Å². The number of nitrogens with zero attached hydrogens (tertiary/aromatic N) is 1. The van der Waals surface area contributed by atoms with E-state index in [2.05, 4.69) is 69.1 Å². The maximum atomic E-state index is 2.44. The van der Waals surface area contributed by atoms with Crippen molar-refractivity contribution < 1.29 is 0 Å². The second kappa shape index (κ2) is 8.50. The van der Waals surface area contributed by atoms with Crippen LogP contribution in [0.2, 0.25) is 0 Å². The fourth-order valence-electron chi connectivity index (χ4n) is 2.64. The Morgan fingerprint density at radius 1 is 1.05 bits per heavy atom. The first-order valence-corrected chi connectivity index (χ1v) is 9.26. The van der Waals surface area contributed by atoms with Crippen LogP contribution in [0.3, 0.4) is 0 Å². The van der Waals surface area contributed by atoms with Crippen molar-refractivity contribution in [2.45, 2.75) is 46.6 Å². The van der Waals surface area contributed by atoms with E-state index in [-0.39, 0.29) is 0 Å². The molecule has 0 aliphatic rings. The Hall–Kier alpha value is -1.12. The van der Waals surface area contributed by atoms with Crippen LogP contribution in [0, 0.1) is 5.92 Å². The van der Waals surface area contributed by atoms with Crippen LogP contribution in [0.1, 0.15) is 44.1 Å². The van der Waals surface area contributed by atoms with Crippen molar-refractivity contribution in [3.05, 3.63) is 46.8 Å². The molecule has 1 aromatic heterocycles. The number of hydrogen-bond acceptors (Lipinski definition) is 2. The van der Waals surface area contributed by atoms with Gasteiger partial charge < -0.3 is 4.90 Å². The maximum Gasteiger partial charge on any atom is 0.0346 e. The van der Waals surface area contributed by atoms with E-state index in [1.54, 1.807) is 0 Å². The van der Waals surface area contributed by atoms with Gasteiger partial charge in [0.1, 0.15) is 0 Å². The average Bonchev–Trinajstić information content (AvgIpc) is 2.95. The fourth-order valence-corrected chi connectivity index (χ4v) is 3.73. The number of hydrogen-bond donors (Lipinski definition) is 0. The third-order valence-corrected chi connectivity index (χ3v) is 5.17. The smallest absolute Gasteiger partial charge is 0.0346 e. The summed E-state index contributed by atoms with van der Waals surface area (Å²) in [6, 6.07) is 13.5. The molecule has 2 rings (SSSR count). The zero-order valence-electron chi connectivity index (χ0n) is 14.4. The Labute approximate surface area is 140 Å². The number of rotatable bonds is 8. The normalized spacial score (nSPS) is 11.5. The lowest BCUT2D eigenvalue weighted by Crippen LogP contribution is -2.18. The van der Waals surface area contributed by atoms with Crippen LogP contribution >= 0.6 is 11.3 Å². The van der Waals surface area contributed by atoms with Crippen LogP contribution in [0.4, 0.5) is 0 Å². The summed E-state index contributed by atoms with van der Waals surface area (Å²) in [6.07, 6.45) is 3.73. The van der Waals surface area contributed by atoms with Gasteiger partial charge in [-0.1, -0.05) is 45.0 Å². The molecule has 0 atom stereocenters. The number of aryl methyl sites for hydroxylation is 1. The van der Waals surface area contributed by atoms with Gasteiger partial charge in [-0.3, -0.25) is 0 Å². The fraction of sp³-hybridized carbons (Fsp3) is 0.500. The van der Waals surface area contributed by atoms with Gasteiger partial charge in [0.2, 0.25) is 0 Å². The molecular weight excluding hydrogens is 286 g/mol. The minimum absolute atomic E-state index is 0.813. The zero-order valence-corrected chi connectivity index (χ0v) is 15.2. The Bertz CT molecular complexity index is 553. The van der Waals surface area contributed by atoms with E-state index in [4.69, 9.17) is 0 Å². The minimum atomic E-state index is 0.813. The predicted molar refractivity (Wildman–Crippen MR) is 99.5 cm³/mol. The molecular formula is C20H29NS. The molecule has 2 aromatic rings. The van der Waals surface area contributed by atoms with Crippen molar-refractivity contribution in [2.24, 2.45) is 5.92 Å². The Morgan fingerprint density at radius 3 is 2.41 bits per heavy atom. The summed E-state index contributed by atoms with van der Waals surface area (Å²) >= 11 is 1.93. The molecule has 120 valence electrons. The summed E-state index contributed by atoms with van der Waals surface area (Å²) in [4.78, 5) is 5.29. The average molecular weight is 316 g/mol. The van der Waals surface area contributed by atoms with Crippen molar-refractivity contribution in [3.63, 3.8) is 0 Å². The van der Waals surface area contributed by atoms with E-state index in [1.807, 2.05) is 11.3 Å². The molecule has 0 bridgehead atoms. The van der Waals surface area contributed by atoms with E-state index in [9.17, 15) is 0 Å². The van der Waals surface area contributed by atoms with Crippen molar-refractivity contribution in [1.82, 2.24) is 4.90 Å². The van der Waals surface area contributed by atoms with E-state index in [0.717, 1.165) is 18.9 Å². The Kier molecular flexibility index (Phi) is 6.66. The molecule has 0 saturated carbocycles. The third-order valence-electron chi connectivity index (χ3n) is 4.06. The van der Waals surface area contributed by atoms with E-state index in [1.165, 1.54) is 40.3 Å². The molecule has 22 heavy (non-hydrogen) atoms. The molecule has 2 heteroatoms. The predicted octanol–water partition coefficient (Wildman–Crippen LogP) is 5.85. The first-order chi connectivity index (χ1) is 10.6. The van der Waals surface area contributed by atoms with Crippen LogP contribution in [-0.4, -0.2) is 18.5 Å². The molecule has 1 nitrogen and oxygen atoms in total. The molecule has 0 N–H and O–H groups in total. The summed E-state index contributed by atoms with van der Waals surface area (Å²) in [6.45, 7) is 9.06. The molecule has 0 spiro atoms. The molecule has 0 radical (unpaired) electrons. The van der Waals surface area contributed by atoms with Crippen LogP contribution < -0.4 is 0 Å². The highest BCUT2D eigenvalue weighted by Gasteiger charge is 2.06. The van der Waals surface area contributed by atoms with Crippen LogP contribution in [0.15, 0.2) is 36.4 Å². The summed E-state index contributed by atoms with van der Waals surface area (Å²) < 4.78 is 0. The summed E-state index contributed by atoms with van der Waals surface area (Å²) in [7, 11) is 2.23. The molecule has 1 aromatic carbocycles. The highest BCUT2D eigenvalue weighted by atomic mass is 32.1. The monoisotopic (exact) mass is 315 g/mol. The van der Waals surface area contributed by atoms with Crippen molar-refractivity contribution in [1.29, 1.82) is 0 Å². The highest BCUT2D eigenvalue weighted by molar-refractivity contribution is 7.15. The SMILES string of the molecule is CCc1ccc(-c2ccc(CN(C)CCCC(C)C)s2)cc1. The maximum absolute atomic E-state index is 2.44. The number of thiophene rings is 1. The van der Waals surface area contributed by atoms with E-state index in [0.29, 0.717) is 0 Å². The largest absolute Gasteiger partial charge is 0.301 e. The van der Waals surface area contributed by atoms with Gasteiger partial charge in [0.05, 0.1) is 0 Å². The zero-order chi connectivity index (χ0) is 15.9. The van der Waals surface area contributed by atoms with Crippen LogP contribution in [0.25, 0.3) is 10.4 Å². The second-order valence-corrected chi connectivity index (χ2v) is 7.76. The van der Waals surface area contributed by atoms with Gasteiger partial charge in [-0.25, -0.2) is 0 Å². The molecule has 0 unspecified atom stereocenters. The molecule has 0 amide bonds. The van der Waals surface area contributed by atoms with Gasteiger partial charge in [-0.15, -0.1) is 11.3 Å². The van der Waals surface area contributed by atoms with E-state index >= 15 is 0 Å². The lowest BCUT2D eigenvalue weighted by atomic mass is 10.1. The molecule has 1 heterocycles. The van der Waals surface area contributed by atoms with Gasteiger partial charge in [0.25, 0.3) is 0 Å². The van der Waals surface area contributed by atoms with Crippen LogP contribution in [-0.2, 0) is 13.0 Å². The first kappa shape index (κ1) is 17.2. The topological polar surface area (TPSA) is 3.24 Å². The van der Waals surface area contributed by atoms with Gasteiger partial charge in [-0.05, 0) is 62.0 Å². The van der Waals surface area contributed by atoms with Gasteiger partial charge in [-0.2, -0.15) is 0 Å². The first-order valence-electron chi connectivity index (χ1n) is 8.45. The quantitative estimate of drug-likeness (QED) is 0.591. The van der Waals surface area contributed by atoms with Crippen molar-refractivity contribution in [2.75, 3.05) is 13.6 Å². The third kappa shape index (κ3) is 5.26. The minimum Gasteiger partial charge on any atom is -0.301 e. The molecule has 0 aliphatic carbocycles. The lowest BCUT2D eigenvalue weighted by molar-refractivity contribution is 0.313. The summed E-state index contributed by atoms with van der Waals surface area (Å²) in [5, 5.41) is 0. The Morgan fingerprint density at radius 2 is 1.77 bits per heavy atom. The Balaban J connectivity index is 1.90. The van der Waals surface area contributed by atoms with Crippen molar-refractivity contribution >= 4 is 11.3 Å². The molecule has 0 fully saturated rings. The lowest BCUT2D eigenvalue weighted by Gasteiger charge is -2.16. The highest BCUT2D eigenvalue weighted by Crippen LogP contribution is 2.29. The van der Waals surface area contributed by atoms with Crippen molar-refractivity contribution in [3.8, 4) is 10.4 Å². The second-order valence-electron chi connectivity index (χ2n) is 6.59. The van der Waals surface area contributed by atoms with Gasteiger partial charge >= 0.3 is 0 Å².